The SMILES string of the molecule is CCCCOc1nc(N)c2[nH]c(=O)n(Cc3ccc(CN4CCC(c5nnc6n5CCN(C(=O)OCc5ccc(NC(=O)[C@H](CCCCN)NC(=O)[C@@H](NC(=O)CCOCCOCCOCCOCCO/N=C(\C)C(C)(C)C)C(C)C)cc5)C6)CC4)cc3)c2n1. The number of fused-ring (bicyclic) bond motifs is 2. The van der Waals surface area contributed by atoms with E-state index in [9.17, 15) is 24.0 Å². The number of hydrogen-bond acceptors (Lipinski definition) is 20. The number of piperidine rings is 1. The molecule has 494 valence electrons. The van der Waals surface area contributed by atoms with Crippen LogP contribution in [-0.2, 0) is 75.7 Å². The predicted octanol–water partition coefficient (Wildman–Crippen LogP) is 5.64. The molecule has 0 saturated carbocycles. The molecular formula is C63H95N15O12. The average molecular weight is 1250 g/mol. The van der Waals surface area contributed by atoms with Crippen LogP contribution in [0.1, 0.15) is 134 Å². The number of benzene rings is 2. The predicted molar refractivity (Wildman–Crippen MR) is 339 cm³/mol. The van der Waals surface area contributed by atoms with Gasteiger partial charge in [-0.15, -0.1) is 10.2 Å². The second kappa shape index (κ2) is 35.7. The van der Waals surface area contributed by atoms with E-state index >= 15 is 0 Å². The largest absolute Gasteiger partial charge is 0.463 e. The minimum absolute atomic E-state index is 0.0133. The average Bonchev–Trinajstić information content (AvgIpc) is 1.68. The number of anilines is 2. The van der Waals surface area contributed by atoms with Crippen LogP contribution < -0.4 is 37.8 Å². The molecule has 8 N–H and O–H groups in total. The Hall–Kier alpha value is -7.56. The van der Waals surface area contributed by atoms with Gasteiger partial charge in [0.2, 0.25) is 17.7 Å². The molecule has 90 heavy (non-hydrogen) atoms. The van der Waals surface area contributed by atoms with Crippen LogP contribution in [0.15, 0.2) is 58.5 Å². The number of carbonyl (C=O) groups excluding carboxylic acids is 4. The number of nitrogens with two attached hydrogens (primary N) is 2. The van der Waals surface area contributed by atoms with Crippen molar-refractivity contribution in [2.24, 2.45) is 22.2 Å². The van der Waals surface area contributed by atoms with Crippen LogP contribution in [0.2, 0.25) is 0 Å². The minimum atomic E-state index is -0.899. The summed E-state index contributed by atoms with van der Waals surface area (Å²) in [5.41, 5.74) is 16.6. The molecule has 2 aromatic carbocycles. The zero-order valence-electron chi connectivity index (χ0n) is 53.6. The molecule has 2 atom stereocenters. The molecule has 2 aliphatic heterocycles. The number of amides is 4. The first kappa shape index (κ1) is 69.9. The monoisotopic (exact) mass is 1250 g/mol. The van der Waals surface area contributed by atoms with E-state index in [-0.39, 0.29) is 73.5 Å². The van der Waals surface area contributed by atoms with Crippen molar-refractivity contribution < 1.29 is 52.4 Å². The second-order valence-electron chi connectivity index (χ2n) is 24.1. The number of nitrogens with one attached hydrogen (secondary N) is 4. The summed E-state index contributed by atoms with van der Waals surface area (Å²) in [6, 6.07) is 13.6. The third-order valence-corrected chi connectivity index (χ3v) is 15.7. The zero-order valence-corrected chi connectivity index (χ0v) is 53.6. The van der Waals surface area contributed by atoms with Gasteiger partial charge in [-0.05, 0) is 99.8 Å². The van der Waals surface area contributed by atoms with E-state index in [4.69, 9.17) is 44.7 Å². The van der Waals surface area contributed by atoms with Crippen LogP contribution >= 0.6 is 0 Å². The van der Waals surface area contributed by atoms with Crippen molar-refractivity contribution in [2.45, 2.75) is 151 Å². The fourth-order valence-corrected chi connectivity index (χ4v) is 9.98. The molecule has 27 nitrogen and oxygen atoms in total. The van der Waals surface area contributed by atoms with Crippen LogP contribution in [0.5, 0.6) is 6.01 Å². The van der Waals surface area contributed by atoms with Gasteiger partial charge in [0.25, 0.3) is 0 Å². The van der Waals surface area contributed by atoms with E-state index in [1.54, 1.807) is 33.7 Å². The number of likely N-dealkylation sites (tertiary alicyclic amines) is 1. The Labute approximate surface area is 527 Å². The number of hydrogen-bond donors (Lipinski definition) is 6. The Morgan fingerprint density at radius 2 is 1.41 bits per heavy atom. The summed E-state index contributed by atoms with van der Waals surface area (Å²) in [5.74, 6) is 0.543. The third kappa shape index (κ3) is 21.8. The topological polar surface area (TPSA) is 334 Å². The highest BCUT2D eigenvalue weighted by Gasteiger charge is 2.32. The second-order valence-corrected chi connectivity index (χ2v) is 24.1. The Morgan fingerprint density at radius 3 is 2.06 bits per heavy atom. The lowest BCUT2D eigenvalue weighted by atomic mass is 9.91. The van der Waals surface area contributed by atoms with E-state index in [0.717, 1.165) is 68.2 Å². The van der Waals surface area contributed by atoms with E-state index in [2.05, 4.69) is 95.6 Å². The van der Waals surface area contributed by atoms with Gasteiger partial charge in [-0.1, -0.05) is 89.5 Å². The van der Waals surface area contributed by atoms with Crippen molar-refractivity contribution in [3.63, 3.8) is 0 Å². The molecule has 0 unspecified atom stereocenters. The first-order valence-electron chi connectivity index (χ1n) is 31.6. The molecule has 1 saturated heterocycles. The van der Waals surface area contributed by atoms with Crippen molar-refractivity contribution in [2.75, 3.05) is 103 Å². The first-order valence-corrected chi connectivity index (χ1v) is 31.6. The number of aromatic nitrogens is 7. The van der Waals surface area contributed by atoms with Crippen LogP contribution in [0.25, 0.3) is 11.2 Å². The Bertz CT molecular complexity index is 3130. The molecule has 7 rings (SSSR count). The molecule has 5 heterocycles. The molecule has 0 spiro atoms. The van der Waals surface area contributed by atoms with Crippen molar-refractivity contribution in [1.29, 1.82) is 0 Å². The van der Waals surface area contributed by atoms with Crippen molar-refractivity contribution in [1.82, 2.24) is 54.7 Å². The zero-order chi connectivity index (χ0) is 64.4. The summed E-state index contributed by atoms with van der Waals surface area (Å²) in [6.07, 6.45) is 4.82. The van der Waals surface area contributed by atoms with Gasteiger partial charge in [0.1, 0.15) is 36.6 Å². The quantitative estimate of drug-likeness (QED) is 0.0159. The number of carbonyl (C=O) groups is 4. The van der Waals surface area contributed by atoms with Crippen molar-refractivity contribution in [3.8, 4) is 6.01 Å². The molecule has 4 amide bonds. The molecule has 2 aliphatic rings. The number of rotatable bonds is 37. The molecule has 0 radical (unpaired) electrons. The van der Waals surface area contributed by atoms with Gasteiger partial charge in [0.05, 0.1) is 78.3 Å². The lowest BCUT2D eigenvalue weighted by Crippen LogP contribution is -2.54. The van der Waals surface area contributed by atoms with Crippen LogP contribution in [-0.4, -0.2) is 178 Å². The van der Waals surface area contributed by atoms with Gasteiger partial charge in [-0.3, -0.25) is 28.8 Å². The van der Waals surface area contributed by atoms with E-state index in [1.807, 2.05) is 32.9 Å². The van der Waals surface area contributed by atoms with E-state index in [1.165, 1.54) is 5.56 Å². The van der Waals surface area contributed by atoms with Crippen molar-refractivity contribution in [3.05, 3.63) is 87.4 Å². The maximum absolute atomic E-state index is 13.7. The first-order chi connectivity index (χ1) is 43.4. The highest BCUT2D eigenvalue weighted by molar-refractivity contribution is 5.98. The number of nitrogen functional groups attached to an aromatic ring is 1. The van der Waals surface area contributed by atoms with Gasteiger partial charge < -0.3 is 70.2 Å². The molecule has 0 bridgehead atoms. The summed E-state index contributed by atoms with van der Waals surface area (Å²) >= 11 is 0. The van der Waals surface area contributed by atoms with Crippen LogP contribution in [0, 0.1) is 11.3 Å². The summed E-state index contributed by atoms with van der Waals surface area (Å²) in [4.78, 5) is 87.5. The summed E-state index contributed by atoms with van der Waals surface area (Å²) in [7, 11) is 0. The number of nitrogens with zero attached hydrogens (tertiary/aromatic N) is 9. The number of imidazole rings is 1. The third-order valence-electron chi connectivity index (χ3n) is 15.7. The maximum atomic E-state index is 13.7. The smallest absolute Gasteiger partial charge is 0.410 e. The highest BCUT2D eigenvalue weighted by atomic mass is 16.6. The molecule has 27 heteroatoms. The highest BCUT2D eigenvalue weighted by Crippen LogP contribution is 2.30. The summed E-state index contributed by atoms with van der Waals surface area (Å²) in [5, 5.41) is 21.8. The van der Waals surface area contributed by atoms with Crippen LogP contribution in [0.3, 0.4) is 0 Å². The fraction of sp³-hybridized carbons (Fsp3) is 0.619. The molecule has 1 fully saturated rings. The van der Waals surface area contributed by atoms with E-state index in [0.29, 0.717) is 121 Å². The number of unbranched alkanes of at least 4 members (excludes halogenated alkanes) is 2. The number of H-pyrrole nitrogens is 1. The lowest BCUT2D eigenvalue weighted by molar-refractivity contribution is -0.132. The maximum Gasteiger partial charge on any atom is 0.410 e. The van der Waals surface area contributed by atoms with Gasteiger partial charge in [0.15, 0.2) is 17.3 Å². The standard InChI is InChI=1S/C63H95N15O12/c1-8-9-29-88-60-70-55(65)54-57(71-60)78(61(82)69-54)40-46-15-13-45(14-16-46)39-75-25-21-48(22-26-75)56-73-72-51-41-76(27-28-77(51)56)62(83)89-42-47-17-19-49(20-18-47)66-58(80)50(12-10-11-24-64)67-59(81)53(43(2)3)68-52(79)23-30-84-31-32-85-33-34-86-35-36-87-37-38-90-74-44(4)63(5,6)7/h13-20,43,48,50,53H,8-12,21-42,64H2,1-7H3,(H,66,80)(H,67,81)(H,68,79)(H,69,82)(H2,65,70,71)/b74-44+/t50-,53-/m0/s1. The van der Waals surface area contributed by atoms with E-state index < -0.39 is 30.0 Å². The molecular weight excluding hydrogens is 1160 g/mol. The number of ether oxygens (including phenoxy) is 6. The molecule has 3 aromatic heterocycles. The van der Waals surface area contributed by atoms with Gasteiger partial charge >= 0.3 is 17.8 Å². The Kier molecular flexibility index (Phi) is 27.8. The summed E-state index contributed by atoms with van der Waals surface area (Å²) in [6.45, 7) is 22.1. The molecule has 0 aliphatic carbocycles. The Morgan fingerprint density at radius 1 is 0.767 bits per heavy atom. The minimum Gasteiger partial charge on any atom is -0.463 e. The van der Waals surface area contributed by atoms with Gasteiger partial charge in [-0.2, -0.15) is 9.97 Å². The normalized spacial score (nSPS) is 14.8. The fourth-order valence-electron chi connectivity index (χ4n) is 9.98. The number of oxime groups is 1. The number of aromatic amines is 1. The lowest BCUT2D eigenvalue weighted by Gasteiger charge is -2.33. The molecule has 5 aromatic rings. The Balaban J connectivity index is 0.770. The van der Waals surface area contributed by atoms with Crippen LogP contribution in [0.4, 0.5) is 16.3 Å². The summed E-state index contributed by atoms with van der Waals surface area (Å²) < 4.78 is 37.3. The van der Waals surface area contributed by atoms with Gasteiger partial charge in [0, 0.05) is 43.1 Å². The van der Waals surface area contributed by atoms with Gasteiger partial charge in [-0.25, -0.2) is 9.59 Å². The van der Waals surface area contributed by atoms with Crippen molar-refractivity contribution >= 4 is 52.2 Å².